The van der Waals surface area contributed by atoms with Crippen LogP contribution in [0.4, 0.5) is 5.69 Å². The minimum absolute atomic E-state index is 0.382. The van der Waals surface area contributed by atoms with Gasteiger partial charge in [0.1, 0.15) is 0 Å². The summed E-state index contributed by atoms with van der Waals surface area (Å²) in [6.07, 6.45) is 2.60. The van der Waals surface area contributed by atoms with E-state index < -0.39 is 0 Å². The Labute approximate surface area is 133 Å². The highest BCUT2D eigenvalue weighted by Gasteiger charge is 2.32. The molecular weight excluding hydrogens is 334 g/mol. The second-order valence-electron chi connectivity index (χ2n) is 5.47. The van der Waals surface area contributed by atoms with E-state index in [-0.39, 0.29) is 0 Å². The van der Waals surface area contributed by atoms with Crippen molar-refractivity contribution in [3.63, 3.8) is 0 Å². The van der Waals surface area contributed by atoms with E-state index in [9.17, 15) is 0 Å². The van der Waals surface area contributed by atoms with Crippen LogP contribution in [0.3, 0.4) is 0 Å². The number of rotatable bonds is 4. The van der Waals surface area contributed by atoms with Crippen LogP contribution >= 0.6 is 27.5 Å². The zero-order valence-corrected chi connectivity index (χ0v) is 13.7. The lowest BCUT2D eigenvalue weighted by Crippen LogP contribution is -2.12. The molecule has 1 aliphatic rings. The van der Waals surface area contributed by atoms with Crippen LogP contribution in [0.2, 0.25) is 5.02 Å². The van der Waals surface area contributed by atoms with Crippen molar-refractivity contribution in [2.45, 2.75) is 25.8 Å². The summed E-state index contributed by atoms with van der Waals surface area (Å²) in [4.78, 5) is 0. The highest BCUT2D eigenvalue weighted by atomic mass is 79.9. The summed E-state index contributed by atoms with van der Waals surface area (Å²) >= 11 is 9.53. The third-order valence-electron chi connectivity index (χ3n) is 3.80. The Morgan fingerprint density at radius 1 is 1.15 bits per heavy atom. The predicted molar refractivity (Wildman–Crippen MR) is 89.4 cm³/mol. The molecule has 1 N–H and O–H groups in total. The Hall–Kier alpha value is -0.990. The van der Waals surface area contributed by atoms with Gasteiger partial charge in [-0.1, -0.05) is 39.7 Å². The molecule has 0 aromatic heterocycles. The van der Waals surface area contributed by atoms with Crippen LogP contribution in [0, 0.1) is 12.8 Å². The van der Waals surface area contributed by atoms with Crippen molar-refractivity contribution < 1.29 is 0 Å². The fourth-order valence-corrected chi connectivity index (χ4v) is 2.86. The van der Waals surface area contributed by atoms with E-state index in [0.717, 1.165) is 15.4 Å². The van der Waals surface area contributed by atoms with Gasteiger partial charge in [0.15, 0.2) is 0 Å². The number of benzene rings is 2. The van der Waals surface area contributed by atoms with E-state index in [2.05, 4.69) is 58.5 Å². The maximum atomic E-state index is 5.98. The highest BCUT2D eigenvalue weighted by Crippen LogP contribution is 2.43. The fraction of sp³-hybridized carbons (Fsp3) is 0.294. The van der Waals surface area contributed by atoms with Crippen molar-refractivity contribution in [1.29, 1.82) is 0 Å². The second kappa shape index (κ2) is 5.79. The monoisotopic (exact) mass is 349 g/mol. The van der Waals surface area contributed by atoms with Gasteiger partial charge in [0.25, 0.3) is 0 Å². The van der Waals surface area contributed by atoms with E-state index in [0.29, 0.717) is 6.04 Å². The van der Waals surface area contributed by atoms with Gasteiger partial charge in [-0.15, -0.1) is 0 Å². The molecule has 2 aromatic carbocycles. The third kappa shape index (κ3) is 3.18. The van der Waals surface area contributed by atoms with E-state index in [1.807, 2.05) is 12.1 Å². The lowest BCUT2D eigenvalue weighted by atomic mass is 10.0. The summed E-state index contributed by atoms with van der Waals surface area (Å²) in [5.74, 6) is 0.736. The summed E-state index contributed by atoms with van der Waals surface area (Å²) < 4.78 is 1.15. The van der Waals surface area contributed by atoms with Crippen molar-refractivity contribution in [1.82, 2.24) is 0 Å². The largest absolute Gasteiger partial charge is 0.378 e. The lowest BCUT2D eigenvalue weighted by Gasteiger charge is -2.21. The van der Waals surface area contributed by atoms with Gasteiger partial charge in [-0.2, -0.15) is 0 Å². The van der Waals surface area contributed by atoms with Gasteiger partial charge in [0.05, 0.1) is 6.04 Å². The average molecular weight is 351 g/mol. The van der Waals surface area contributed by atoms with E-state index >= 15 is 0 Å². The summed E-state index contributed by atoms with van der Waals surface area (Å²) in [6, 6.07) is 15.0. The maximum absolute atomic E-state index is 5.98. The third-order valence-corrected chi connectivity index (χ3v) is 4.94. The molecule has 0 radical (unpaired) electrons. The first-order chi connectivity index (χ1) is 9.63. The molecule has 0 spiro atoms. The minimum atomic E-state index is 0.382. The molecular formula is C17H17BrClN. The second-order valence-corrected chi connectivity index (χ2v) is 6.77. The molecule has 1 unspecified atom stereocenters. The average Bonchev–Trinajstić information content (AvgIpc) is 3.26. The van der Waals surface area contributed by atoms with Gasteiger partial charge >= 0.3 is 0 Å². The van der Waals surface area contributed by atoms with Gasteiger partial charge in [0.2, 0.25) is 0 Å². The summed E-state index contributed by atoms with van der Waals surface area (Å²) in [6.45, 7) is 2.11. The van der Waals surface area contributed by atoms with Gasteiger partial charge < -0.3 is 5.32 Å². The molecule has 0 heterocycles. The molecule has 1 nitrogen and oxygen atoms in total. The standard InChI is InChI=1S/C17H17BrClN/c1-11-10-15(8-9-16(11)18)20-17(12-2-3-12)13-4-6-14(19)7-5-13/h4-10,12,17,20H,2-3H2,1H3. The Balaban J connectivity index is 1.84. The SMILES string of the molecule is Cc1cc(NC(c2ccc(Cl)cc2)C2CC2)ccc1Br. The number of hydrogen-bond acceptors (Lipinski definition) is 1. The normalized spacial score (nSPS) is 15.9. The van der Waals surface area contributed by atoms with Gasteiger partial charge in [-0.05, 0) is 67.1 Å². The molecule has 0 aliphatic heterocycles. The van der Waals surface area contributed by atoms with Crippen LogP contribution in [0.5, 0.6) is 0 Å². The number of anilines is 1. The molecule has 1 aliphatic carbocycles. The van der Waals surface area contributed by atoms with Crippen molar-refractivity contribution >= 4 is 33.2 Å². The molecule has 0 bridgehead atoms. The van der Waals surface area contributed by atoms with Crippen LogP contribution in [-0.4, -0.2) is 0 Å². The highest BCUT2D eigenvalue weighted by molar-refractivity contribution is 9.10. The van der Waals surface area contributed by atoms with Crippen molar-refractivity contribution in [2.75, 3.05) is 5.32 Å². The number of halogens is 2. The molecule has 20 heavy (non-hydrogen) atoms. The molecule has 2 aromatic rings. The Morgan fingerprint density at radius 2 is 1.85 bits per heavy atom. The predicted octanol–water partition coefficient (Wildman–Crippen LogP) is 5.97. The number of nitrogens with one attached hydrogen (secondary N) is 1. The first-order valence-electron chi connectivity index (χ1n) is 6.91. The van der Waals surface area contributed by atoms with Gasteiger partial charge in [0, 0.05) is 15.2 Å². The van der Waals surface area contributed by atoms with E-state index in [1.165, 1.54) is 29.7 Å². The molecule has 3 rings (SSSR count). The molecule has 3 heteroatoms. The maximum Gasteiger partial charge on any atom is 0.0542 e. The van der Waals surface area contributed by atoms with Crippen molar-refractivity contribution in [2.24, 2.45) is 5.92 Å². The van der Waals surface area contributed by atoms with Gasteiger partial charge in [-0.3, -0.25) is 0 Å². The smallest absolute Gasteiger partial charge is 0.0542 e. The Kier molecular flexibility index (Phi) is 4.04. The first-order valence-corrected chi connectivity index (χ1v) is 8.09. The van der Waals surface area contributed by atoms with Crippen molar-refractivity contribution in [3.8, 4) is 0 Å². The molecule has 0 saturated heterocycles. The molecule has 0 amide bonds. The zero-order chi connectivity index (χ0) is 14.1. The van der Waals surface area contributed by atoms with Crippen molar-refractivity contribution in [3.05, 3.63) is 63.1 Å². The van der Waals surface area contributed by atoms with E-state index in [4.69, 9.17) is 11.6 Å². The topological polar surface area (TPSA) is 12.0 Å². The fourth-order valence-electron chi connectivity index (χ4n) is 2.49. The molecule has 1 saturated carbocycles. The summed E-state index contributed by atoms with van der Waals surface area (Å²) in [7, 11) is 0. The number of aryl methyl sites for hydroxylation is 1. The van der Waals surface area contributed by atoms with Crippen LogP contribution in [-0.2, 0) is 0 Å². The van der Waals surface area contributed by atoms with Crippen LogP contribution < -0.4 is 5.32 Å². The quantitative estimate of drug-likeness (QED) is 0.716. The van der Waals surface area contributed by atoms with Crippen LogP contribution in [0.1, 0.15) is 30.0 Å². The van der Waals surface area contributed by atoms with E-state index in [1.54, 1.807) is 0 Å². The van der Waals surface area contributed by atoms with Crippen LogP contribution in [0.15, 0.2) is 46.9 Å². The Bertz CT molecular complexity index is 605. The number of hydrogen-bond donors (Lipinski definition) is 1. The lowest BCUT2D eigenvalue weighted by molar-refractivity contribution is 0.679. The first kappa shape index (κ1) is 14.0. The zero-order valence-electron chi connectivity index (χ0n) is 11.4. The Morgan fingerprint density at radius 3 is 2.45 bits per heavy atom. The van der Waals surface area contributed by atoms with Gasteiger partial charge in [-0.25, -0.2) is 0 Å². The molecule has 1 fully saturated rings. The molecule has 1 atom stereocenters. The minimum Gasteiger partial charge on any atom is -0.378 e. The summed E-state index contributed by atoms with van der Waals surface area (Å²) in [5.41, 5.74) is 3.75. The van der Waals surface area contributed by atoms with Crippen LogP contribution in [0.25, 0.3) is 0 Å². The molecule has 104 valence electrons. The summed E-state index contributed by atoms with van der Waals surface area (Å²) in [5, 5.41) is 4.48.